The maximum atomic E-state index is 11.2. The van der Waals surface area contributed by atoms with Crippen molar-refractivity contribution in [2.75, 3.05) is 4.66 Å². The van der Waals surface area contributed by atoms with Crippen molar-refractivity contribution in [2.24, 2.45) is 0 Å². The summed E-state index contributed by atoms with van der Waals surface area (Å²) in [6, 6.07) is 7.73. The number of benzene rings is 1. The Kier molecular flexibility index (Phi) is 3.58. The predicted molar refractivity (Wildman–Crippen MR) is 69.2 cm³/mol. The fourth-order valence-corrected chi connectivity index (χ4v) is 3.12. The van der Waals surface area contributed by atoms with Crippen LogP contribution in [0.1, 0.15) is 5.01 Å². The topological polar surface area (TPSA) is 59.1 Å². The number of hydrogen-bond donors (Lipinski definition) is 1. The summed E-state index contributed by atoms with van der Waals surface area (Å²) >= 11 is 4.41. The van der Waals surface area contributed by atoms with Crippen LogP contribution in [0.15, 0.2) is 24.3 Å². The molecule has 0 saturated heterocycles. The monoisotopic (exact) mass is 320 g/mol. The summed E-state index contributed by atoms with van der Waals surface area (Å²) in [7, 11) is -3.22. The van der Waals surface area contributed by atoms with Gasteiger partial charge in [-0.15, -0.1) is 11.3 Å². The van der Waals surface area contributed by atoms with Crippen molar-refractivity contribution in [1.29, 1.82) is 0 Å². The Morgan fingerprint density at radius 3 is 2.81 bits per heavy atom. The molecule has 1 aromatic heterocycles. The summed E-state index contributed by atoms with van der Waals surface area (Å²) in [5.74, 6) is 0. The van der Waals surface area contributed by atoms with Gasteiger partial charge in [0.2, 0.25) is 10.0 Å². The summed E-state index contributed by atoms with van der Waals surface area (Å²) in [4.78, 5) is 4.33. The summed E-state index contributed by atoms with van der Waals surface area (Å²) in [5, 5.41) is 0.769. The molecule has 0 radical (unpaired) electrons. The minimum atomic E-state index is -3.22. The second kappa shape index (κ2) is 4.79. The summed E-state index contributed by atoms with van der Waals surface area (Å²) in [5.41, 5.74) is 0.903. The van der Waals surface area contributed by atoms with Gasteiger partial charge in [0.1, 0.15) is 9.67 Å². The zero-order valence-corrected chi connectivity index (χ0v) is 11.4. The molecule has 2 rings (SSSR count). The zero-order chi connectivity index (χ0) is 11.6. The van der Waals surface area contributed by atoms with E-state index in [2.05, 4.69) is 25.6 Å². The Bertz CT molecular complexity index is 561. The Hall–Kier alpha value is -0.500. The highest BCUT2D eigenvalue weighted by Gasteiger charge is 2.09. The lowest BCUT2D eigenvalue weighted by atomic mass is 10.3. The zero-order valence-electron chi connectivity index (χ0n) is 8.18. The van der Waals surface area contributed by atoms with Gasteiger partial charge in [0.25, 0.3) is 0 Å². The highest BCUT2D eigenvalue weighted by atomic mass is 79.9. The van der Waals surface area contributed by atoms with Crippen LogP contribution < -0.4 is 4.72 Å². The van der Waals surface area contributed by atoms with Crippen LogP contribution in [0.4, 0.5) is 0 Å². The molecule has 0 bridgehead atoms. The van der Waals surface area contributed by atoms with Gasteiger partial charge in [-0.2, -0.15) is 0 Å². The number of hydrogen-bond acceptors (Lipinski definition) is 4. The molecule has 2 aromatic rings. The first kappa shape index (κ1) is 12.0. The largest absolute Gasteiger partial charge is 0.240 e. The smallest absolute Gasteiger partial charge is 0.222 e. The Balaban J connectivity index is 2.16. The minimum Gasteiger partial charge on any atom is -0.240 e. The van der Waals surface area contributed by atoms with Crippen molar-refractivity contribution in [2.45, 2.75) is 6.54 Å². The van der Waals surface area contributed by atoms with Gasteiger partial charge in [-0.3, -0.25) is 0 Å². The van der Waals surface area contributed by atoms with E-state index in [1.54, 1.807) is 0 Å². The number of aromatic nitrogens is 1. The molecule has 0 fully saturated rings. The lowest BCUT2D eigenvalue weighted by molar-refractivity contribution is 0.586. The van der Waals surface area contributed by atoms with Gasteiger partial charge in [0, 0.05) is 0 Å². The predicted octanol–water partition coefficient (Wildman–Crippen LogP) is 2.07. The lowest BCUT2D eigenvalue weighted by Crippen LogP contribution is -2.23. The maximum absolute atomic E-state index is 11.2. The average Bonchev–Trinajstić information content (AvgIpc) is 2.69. The molecule has 0 amide bonds. The maximum Gasteiger partial charge on any atom is 0.222 e. The van der Waals surface area contributed by atoms with Gasteiger partial charge in [-0.1, -0.05) is 28.1 Å². The summed E-state index contributed by atoms with van der Waals surface area (Å²) < 4.78 is 25.8. The number of alkyl halides is 1. The van der Waals surface area contributed by atoms with E-state index in [1.165, 1.54) is 11.3 Å². The van der Waals surface area contributed by atoms with Gasteiger partial charge >= 0.3 is 0 Å². The number of rotatable bonds is 4. The van der Waals surface area contributed by atoms with E-state index >= 15 is 0 Å². The molecule has 0 unspecified atom stereocenters. The molecule has 1 N–H and O–H groups in total. The van der Waals surface area contributed by atoms with Crippen LogP contribution in [0.2, 0.25) is 0 Å². The van der Waals surface area contributed by atoms with Crippen molar-refractivity contribution in [3.05, 3.63) is 29.3 Å². The summed E-state index contributed by atoms with van der Waals surface area (Å²) in [6.45, 7) is 0.243. The van der Waals surface area contributed by atoms with Crippen molar-refractivity contribution in [1.82, 2.24) is 9.71 Å². The number of fused-ring (bicyclic) bond motifs is 1. The molecule has 86 valence electrons. The van der Waals surface area contributed by atoms with Crippen molar-refractivity contribution >= 4 is 47.5 Å². The Morgan fingerprint density at radius 1 is 1.38 bits per heavy atom. The van der Waals surface area contributed by atoms with Crippen LogP contribution in [0, 0.1) is 0 Å². The van der Waals surface area contributed by atoms with Gasteiger partial charge in [0.15, 0.2) is 0 Å². The number of nitrogens with zero attached hydrogens (tertiary/aromatic N) is 1. The molecule has 0 saturated carbocycles. The van der Waals surface area contributed by atoms with Gasteiger partial charge < -0.3 is 0 Å². The van der Waals surface area contributed by atoms with Crippen LogP contribution in [0.3, 0.4) is 0 Å². The van der Waals surface area contributed by atoms with Crippen molar-refractivity contribution in [3.8, 4) is 0 Å². The first-order valence-corrected chi connectivity index (χ1v) is 8.07. The number of halogens is 1. The van der Waals surface area contributed by atoms with Crippen molar-refractivity contribution in [3.63, 3.8) is 0 Å². The van der Waals surface area contributed by atoms with E-state index < -0.39 is 10.0 Å². The fraction of sp³-hybridized carbons (Fsp3) is 0.222. The van der Waals surface area contributed by atoms with Gasteiger partial charge in [-0.25, -0.2) is 18.1 Å². The number of para-hydroxylation sites is 1. The molecule has 1 heterocycles. The average molecular weight is 321 g/mol. The second-order valence-electron chi connectivity index (χ2n) is 3.12. The third-order valence-corrected chi connectivity index (χ3v) is 5.64. The number of nitrogens with one attached hydrogen (secondary N) is 1. The fourth-order valence-electron chi connectivity index (χ4n) is 1.21. The highest BCUT2D eigenvalue weighted by Crippen LogP contribution is 2.21. The van der Waals surface area contributed by atoms with Gasteiger partial charge in [-0.05, 0) is 12.1 Å². The third kappa shape index (κ3) is 2.79. The molecule has 0 atom stereocenters. The molecule has 0 aliphatic rings. The first-order chi connectivity index (χ1) is 7.61. The number of sulfonamides is 1. The standard InChI is InChI=1S/C9H9BrN2O2S2/c10-6-16(13,14)11-5-9-12-7-3-1-2-4-8(7)15-9/h1-4,11H,5-6H2. The van der Waals surface area contributed by atoms with Gasteiger partial charge in [0.05, 0.1) is 16.8 Å². The molecule has 0 aliphatic heterocycles. The van der Waals surface area contributed by atoms with Crippen LogP contribution in [0.25, 0.3) is 10.2 Å². The number of thiazole rings is 1. The SMILES string of the molecule is O=S(=O)(CBr)NCc1nc2ccccc2s1. The molecular formula is C9H9BrN2O2S2. The molecule has 0 spiro atoms. The van der Waals surface area contributed by atoms with E-state index in [0.29, 0.717) is 0 Å². The summed E-state index contributed by atoms with van der Waals surface area (Å²) in [6.07, 6.45) is 0. The normalized spacial score (nSPS) is 12.1. The molecule has 7 heteroatoms. The van der Waals surface area contributed by atoms with E-state index in [9.17, 15) is 8.42 Å². The van der Waals surface area contributed by atoms with E-state index in [1.807, 2.05) is 24.3 Å². The van der Waals surface area contributed by atoms with Crippen LogP contribution in [-0.4, -0.2) is 18.1 Å². The van der Waals surface area contributed by atoms with Crippen LogP contribution in [0.5, 0.6) is 0 Å². The van der Waals surface area contributed by atoms with E-state index in [-0.39, 0.29) is 11.2 Å². The Labute approximate surface area is 106 Å². The quantitative estimate of drug-likeness (QED) is 0.877. The van der Waals surface area contributed by atoms with E-state index in [4.69, 9.17) is 0 Å². The molecule has 4 nitrogen and oxygen atoms in total. The first-order valence-electron chi connectivity index (χ1n) is 4.48. The van der Waals surface area contributed by atoms with E-state index in [0.717, 1.165) is 15.2 Å². The third-order valence-electron chi connectivity index (χ3n) is 1.93. The molecule has 0 aliphatic carbocycles. The Morgan fingerprint density at radius 2 is 2.12 bits per heavy atom. The minimum absolute atomic E-state index is 0.0924. The van der Waals surface area contributed by atoms with Crippen molar-refractivity contribution < 1.29 is 8.42 Å². The highest BCUT2D eigenvalue weighted by molar-refractivity contribution is 9.10. The second-order valence-corrected chi connectivity index (χ2v) is 7.35. The van der Waals surface area contributed by atoms with Crippen LogP contribution >= 0.6 is 27.3 Å². The van der Waals surface area contributed by atoms with Crippen LogP contribution in [-0.2, 0) is 16.6 Å². The lowest BCUT2D eigenvalue weighted by Gasteiger charge is -1.99. The molecule has 1 aromatic carbocycles. The molecule has 16 heavy (non-hydrogen) atoms. The molecular weight excluding hydrogens is 312 g/mol.